The second-order valence-corrected chi connectivity index (χ2v) is 7.19. The van der Waals surface area contributed by atoms with E-state index in [0.717, 1.165) is 19.4 Å². The third-order valence-corrected chi connectivity index (χ3v) is 5.45. The zero-order valence-electron chi connectivity index (χ0n) is 13.1. The molecule has 0 radical (unpaired) electrons. The molecule has 0 aromatic rings. The number of nitrogens with zero attached hydrogens (tertiary/aromatic N) is 3. The van der Waals surface area contributed by atoms with Gasteiger partial charge in [-0.05, 0) is 53.0 Å². The number of hydrogen-bond donors (Lipinski definition) is 0. The summed E-state index contributed by atoms with van der Waals surface area (Å²) in [5.41, 5.74) is 0.350. The minimum atomic E-state index is 0.00851. The van der Waals surface area contributed by atoms with Crippen molar-refractivity contribution in [3.05, 3.63) is 0 Å². The predicted octanol–water partition coefficient (Wildman–Crippen LogP) is 2.87. The van der Waals surface area contributed by atoms with Gasteiger partial charge in [-0.2, -0.15) is 5.26 Å². The molecule has 0 bridgehead atoms. The SMILES string of the molecule is CCC(C)(C)N1CCC(N(C)CC2(C#N)CC2)CC1. The average Bonchev–Trinajstić information content (AvgIpc) is 3.19. The minimum Gasteiger partial charge on any atom is -0.302 e. The summed E-state index contributed by atoms with van der Waals surface area (Å²) in [5.74, 6) is 0. The highest BCUT2D eigenvalue weighted by molar-refractivity contribution is 5.11. The quantitative estimate of drug-likeness (QED) is 0.764. The first-order valence-corrected chi connectivity index (χ1v) is 7.79. The normalized spacial score (nSPS) is 24.4. The van der Waals surface area contributed by atoms with Crippen LogP contribution in [0, 0.1) is 16.7 Å². The largest absolute Gasteiger partial charge is 0.302 e. The van der Waals surface area contributed by atoms with Gasteiger partial charge in [0, 0.05) is 31.2 Å². The molecule has 1 aliphatic carbocycles. The van der Waals surface area contributed by atoms with E-state index < -0.39 is 0 Å². The van der Waals surface area contributed by atoms with E-state index in [2.05, 4.69) is 43.7 Å². The number of hydrogen-bond acceptors (Lipinski definition) is 3. The summed E-state index contributed by atoms with van der Waals surface area (Å²) in [7, 11) is 2.21. The lowest BCUT2D eigenvalue weighted by Gasteiger charge is -2.44. The molecule has 0 aromatic carbocycles. The Morgan fingerprint density at radius 2 is 1.89 bits per heavy atom. The highest BCUT2D eigenvalue weighted by Crippen LogP contribution is 2.45. The van der Waals surface area contributed by atoms with Crippen LogP contribution in [0.25, 0.3) is 0 Å². The summed E-state index contributed by atoms with van der Waals surface area (Å²) < 4.78 is 0. The van der Waals surface area contributed by atoms with Gasteiger partial charge >= 0.3 is 0 Å². The molecule has 0 atom stereocenters. The van der Waals surface area contributed by atoms with Crippen molar-refractivity contribution >= 4 is 0 Å². The van der Waals surface area contributed by atoms with Gasteiger partial charge in [0.2, 0.25) is 0 Å². The Balaban J connectivity index is 1.82. The van der Waals surface area contributed by atoms with Crippen LogP contribution in [-0.4, -0.2) is 48.1 Å². The second kappa shape index (κ2) is 5.42. The number of rotatable bonds is 5. The molecule has 2 aliphatic rings. The van der Waals surface area contributed by atoms with E-state index in [1.807, 2.05) is 0 Å². The van der Waals surface area contributed by atoms with Crippen LogP contribution < -0.4 is 0 Å². The number of nitriles is 1. The molecule has 1 saturated carbocycles. The zero-order valence-corrected chi connectivity index (χ0v) is 13.1. The van der Waals surface area contributed by atoms with Crippen molar-refractivity contribution in [1.29, 1.82) is 5.26 Å². The van der Waals surface area contributed by atoms with Crippen molar-refractivity contribution in [2.75, 3.05) is 26.7 Å². The van der Waals surface area contributed by atoms with Gasteiger partial charge in [0.05, 0.1) is 11.5 Å². The van der Waals surface area contributed by atoms with Crippen molar-refractivity contribution in [2.45, 2.75) is 64.5 Å². The molecular weight excluding hydrogens is 234 g/mol. The molecule has 0 unspecified atom stereocenters. The first kappa shape index (κ1) is 14.8. The lowest BCUT2D eigenvalue weighted by Crippen LogP contribution is -2.51. The van der Waals surface area contributed by atoms with Gasteiger partial charge < -0.3 is 4.90 Å². The molecule has 0 N–H and O–H groups in total. The summed E-state index contributed by atoms with van der Waals surface area (Å²) in [4.78, 5) is 5.08. The molecule has 1 heterocycles. The maximum atomic E-state index is 9.20. The minimum absolute atomic E-state index is 0.00851. The molecule has 0 aromatic heterocycles. The fraction of sp³-hybridized carbons (Fsp3) is 0.938. The molecule has 1 aliphatic heterocycles. The van der Waals surface area contributed by atoms with Crippen LogP contribution in [0.2, 0.25) is 0 Å². The molecule has 2 rings (SSSR count). The second-order valence-electron chi connectivity index (χ2n) is 7.19. The Kier molecular flexibility index (Phi) is 4.23. The lowest BCUT2D eigenvalue weighted by molar-refractivity contribution is 0.0503. The van der Waals surface area contributed by atoms with E-state index >= 15 is 0 Å². The lowest BCUT2D eigenvalue weighted by atomic mass is 9.93. The molecular formula is C16H29N3. The molecule has 0 amide bonds. The molecule has 108 valence electrons. The summed E-state index contributed by atoms with van der Waals surface area (Å²) in [5, 5.41) is 9.20. The van der Waals surface area contributed by atoms with E-state index in [4.69, 9.17) is 0 Å². The van der Waals surface area contributed by atoms with Crippen molar-refractivity contribution in [2.24, 2.45) is 5.41 Å². The van der Waals surface area contributed by atoms with Gasteiger partial charge in [-0.15, -0.1) is 0 Å². The third-order valence-electron chi connectivity index (χ3n) is 5.45. The smallest absolute Gasteiger partial charge is 0.0703 e. The van der Waals surface area contributed by atoms with Gasteiger partial charge in [-0.25, -0.2) is 0 Å². The highest BCUT2D eigenvalue weighted by Gasteiger charge is 2.45. The van der Waals surface area contributed by atoms with Crippen LogP contribution in [-0.2, 0) is 0 Å². The van der Waals surface area contributed by atoms with Gasteiger partial charge in [0.15, 0.2) is 0 Å². The third kappa shape index (κ3) is 3.30. The maximum Gasteiger partial charge on any atom is 0.0703 e. The number of likely N-dealkylation sites (tertiary alicyclic amines) is 1. The van der Waals surface area contributed by atoms with Crippen LogP contribution in [0.3, 0.4) is 0 Å². The molecule has 0 spiro atoms. The topological polar surface area (TPSA) is 30.3 Å². The first-order chi connectivity index (χ1) is 8.92. The number of piperidine rings is 1. The summed E-state index contributed by atoms with van der Waals surface area (Å²) in [6.07, 6.45) is 5.93. The van der Waals surface area contributed by atoms with Crippen molar-refractivity contribution in [3.8, 4) is 6.07 Å². The van der Waals surface area contributed by atoms with E-state index in [1.165, 1.54) is 32.4 Å². The molecule has 1 saturated heterocycles. The van der Waals surface area contributed by atoms with Gasteiger partial charge in [0.25, 0.3) is 0 Å². The van der Waals surface area contributed by atoms with E-state index in [-0.39, 0.29) is 5.41 Å². The van der Waals surface area contributed by atoms with Gasteiger partial charge in [-0.1, -0.05) is 6.92 Å². The van der Waals surface area contributed by atoms with E-state index in [9.17, 15) is 5.26 Å². The molecule has 19 heavy (non-hydrogen) atoms. The maximum absolute atomic E-state index is 9.20. The van der Waals surface area contributed by atoms with Crippen LogP contribution in [0.4, 0.5) is 0 Å². The average molecular weight is 263 g/mol. The predicted molar refractivity (Wildman–Crippen MR) is 78.9 cm³/mol. The fourth-order valence-corrected chi connectivity index (χ4v) is 3.20. The zero-order chi connectivity index (χ0) is 14.1. The van der Waals surface area contributed by atoms with Crippen LogP contribution >= 0.6 is 0 Å². The van der Waals surface area contributed by atoms with Crippen molar-refractivity contribution in [3.63, 3.8) is 0 Å². The Bertz CT molecular complexity index is 343. The monoisotopic (exact) mass is 263 g/mol. The highest BCUT2D eigenvalue weighted by atomic mass is 15.2. The Hall–Kier alpha value is -0.590. The molecule has 3 nitrogen and oxygen atoms in total. The summed E-state index contributed by atoms with van der Waals surface area (Å²) in [6.45, 7) is 10.4. The van der Waals surface area contributed by atoms with Gasteiger partial charge in [0.1, 0.15) is 0 Å². The van der Waals surface area contributed by atoms with E-state index in [1.54, 1.807) is 0 Å². The van der Waals surface area contributed by atoms with Crippen LogP contribution in [0.1, 0.15) is 52.9 Å². The molecule has 3 heteroatoms. The summed E-state index contributed by atoms with van der Waals surface area (Å²) in [6, 6.07) is 3.19. The van der Waals surface area contributed by atoms with Gasteiger partial charge in [-0.3, -0.25) is 4.90 Å². The summed E-state index contributed by atoms with van der Waals surface area (Å²) >= 11 is 0. The van der Waals surface area contributed by atoms with Crippen LogP contribution in [0.15, 0.2) is 0 Å². The standard InChI is InChI=1S/C16H29N3/c1-5-15(2,3)19-10-6-14(7-11-19)18(4)13-16(12-17)8-9-16/h14H,5-11,13H2,1-4H3. The van der Waals surface area contributed by atoms with Crippen LogP contribution in [0.5, 0.6) is 0 Å². The van der Waals surface area contributed by atoms with Crippen molar-refractivity contribution < 1.29 is 0 Å². The molecule has 2 fully saturated rings. The first-order valence-electron chi connectivity index (χ1n) is 7.79. The van der Waals surface area contributed by atoms with E-state index in [0.29, 0.717) is 11.6 Å². The fourth-order valence-electron chi connectivity index (χ4n) is 3.20. The Morgan fingerprint density at radius 1 is 1.32 bits per heavy atom. The Morgan fingerprint density at radius 3 is 2.32 bits per heavy atom. The van der Waals surface area contributed by atoms with Crippen molar-refractivity contribution in [1.82, 2.24) is 9.80 Å². The Labute approximate surface area is 118 Å².